The number of carbonyl (C=O) groups is 3. The molecule has 2 amide bonds. The number of aliphatic hydroxyl groups is 1. The summed E-state index contributed by atoms with van der Waals surface area (Å²) >= 11 is 0. The van der Waals surface area contributed by atoms with Gasteiger partial charge in [-0.2, -0.15) is 0 Å². The van der Waals surface area contributed by atoms with E-state index < -0.39 is 36.0 Å². The lowest BCUT2D eigenvalue weighted by molar-refractivity contribution is -0.148. The summed E-state index contributed by atoms with van der Waals surface area (Å²) in [5.74, 6) is -0.829. The van der Waals surface area contributed by atoms with Crippen LogP contribution in [0, 0.1) is 0 Å². The minimum Gasteiger partial charge on any atom is -0.494 e. The van der Waals surface area contributed by atoms with Gasteiger partial charge in [-0.1, -0.05) is 102 Å². The SMILES string of the molecule is CCCCCCCOc1ccc(-c2cnc(-c3ccc(C[C@H](NC(=O)c4ccc(C(C)(C)C)cc4)C(=O)N4C[C@H](O)C[C@@H]4C(=O)O)cc3)nc2)cc1. The standard InChI is InChI=1S/C42H50N4O6/c1-5-6-7-8-9-22-52-35-20-16-29(17-21-35)32-25-43-38(44-26-32)30-12-10-28(11-13-30)23-36(40(49)46-27-34(47)24-37(46)41(50)51)45-39(48)31-14-18-33(19-15-31)42(2,3)4/h10-21,25-26,34,36-37,47H,5-9,22-24,27H2,1-4H3,(H,45,48)(H,50,51)/t34-,36+,37-/m1/s1. The fraction of sp³-hybridized carbons (Fsp3) is 0.405. The van der Waals surface area contributed by atoms with Crippen molar-refractivity contribution in [2.75, 3.05) is 13.2 Å². The fourth-order valence-electron chi connectivity index (χ4n) is 6.35. The van der Waals surface area contributed by atoms with Crippen molar-refractivity contribution in [3.8, 4) is 28.3 Å². The highest BCUT2D eigenvalue weighted by atomic mass is 16.5. The monoisotopic (exact) mass is 706 g/mol. The number of aliphatic carboxylic acids is 1. The van der Waals surface area contributed by atoms with Gasteiger partial charge in [-0.25, -0.2) is 14.8 Å². The zero-order chi connectivity index (χ0) is 37.3. The fourth-order valence-corrected chi connectivity index (χ4v) is 6.35. The van der Waals surface area contributed by atoms with Gasteiger partial charge in [0.25, 0.3) is 5.91 Å². The summed E-state index contributed by atoms with van der Waals surface area (Å²) in [6.07, 6.45) is 8.62. The Morgan fingerprint density at radius 2 is 1.50 bits per heavy atom. The lowest BCUT2D eigenvalue weighted by Gasteiger charge is -2.27. The van der Waals surface area contributed by atoms with E-state index in [1.54, 1.807) is 24.5 Å². The van der Waals surface area contributed by atoms with Gasteiger partial charge in [0.15, 0.2) is 5.82 Å². The molecule has 3 N–H and O–H groups in total. The summed E-state index contributed by atoms with van der Waals surface area (Å²) in [5, 5.41) is 22.8. The van der Waals surface area contributed by atoms with Gasteiger partial charge in [0.1, 0.15) is 17.8 Å². The minimum absolute atomic E-state index is 0.0670. The van der Waals surface area contributed by atoms with Crippen LogP contribution < -0.4 is 10.1 Å². The van der Waals surface area contributed by atoms with E-state index in [2.05, 4.69) is 43.0 Å². The van der Waals surface area contributed by atoms with Gasteiger partial charge in [-0.3, -0.25) is 9.59 Å². The number of carboxylic acid groups (broad SMARTS) is 1. The van der Waals surface area contributed by atoms with Gasteiger partial charge in [0.05, 0.1) is 12.7 Å². The molecule has 2 heterocycles. The Hall–Kier alpha value is -5.09. The second kappa shape index (κ2) is 17.4. The van der Waals surface area contributed by atoms with Crippen LogP contribution in [0.25, 0.3) is 22.5 Å². The molecule has 1 aliphatic heterocycles. The predicted molar refractivity (Wildman–Crippen MR) is 201 cm³/mol. The Labute approximate surface area is 306 Å². The van der Waals surface area contributed by atoms with Crippen LogP contribution >= 0.6 is 0 Å². The smallest absolute Gasteiger partial charge is 0.326 e. The van der Waals surface area contributed by atoms with E-state index in [4.69, 9.17) is 4.74 Å². The van der Waals surface area contributed by atoms with Crippen LogP contribution in [0.1, 0.15) is 87.7 Å². The van der Waals surface area contributed by atoms with Crippen LogP contribution in [0.3, 0.4) is 0 Å². The van der Waals surface area contributed by atoms with E-state index in [9.17, 15) is 24.6 Å². The first-order chi connectivity index (χ1) is 24.9. The number of carbonyl (C=O) groups excluding carboxylic acids is 2. The Balaban J connectivity index is 1.26. The van der Waals surface area contributed by atoms with Crippen LogP contribution in [0.2, 0.25) is 0 Å². The zero-order valence-electron chi connectivity index (χ0n) is 30.5. The highest BCUT2D eigenvalue weighted by molar-refractivity contribution is 5.98. The van der Waals surface area contributed by atoms with Crippen molar-refractivity contribution < 1.29 is 29.3 Å². The van der Waals surface area contributed by atoms with Crippen LogP contribution in [0.4, 0.5) is 0 Å². The number of ether oxygens (including phenoxy) is 1. The normalized spacial score (nSPS) is 16.4. The number of nitrogens with zero attached hydrogens (tertiary/aromatic N) is 3. The molecule has 0 spiro atoms. The van der Waals surface area contributed by atoms with Gasteiger partial charge in [-0.05, 0) is 52.8 Å². The predicted octanol–water partition coefficient (Wildman–Crippen LogP) is 6.84. The van der Waals surface area contributed by atoms with Crippen molar-refractivity contribution in [2.45, 2.75) is 96.2 Å². The van der Waals surface area contributed by atoms with Crippen LogP contribution in [-0.2, 0) is 21.4 Å². The van der Waals surface area contributed by atoms with Crippen LogP contribution in [0.5, 0.6) is 5.75 Å². The van der Waals surface area contributed by atoms with Gasteiger partial charge in [0, 0.05) is 48.5 Å². The third-order valence-electron chi connectivity index (χ3n) is 9.47. The van der Waals surface area contributed by atoms with Gasteiger partial charge < -0.3 is 25.2 Å². The molecule has 0 aliphatic carbocycles. The number of aromatic nitrogens is 2. The van der Waals surface area contributed by atoms with Crippen molar-refractivity contribution in [1.82, 2.24) is 20.2 Å². The summed E-state index contributed by atoms with van der Waals surface area (Å²) < 4.78 is 5.89. The third kappa shape index (κ3) is 10.0. The van der Waals surface area contributed by atoms with Crippen molar-refractivity contribution >= 4 is 17.8 Å². The molecule has 1 aliphatic rings. The third-order valence-corrected chi connectivity index (χ3v) is 9.47. The molecule has 4 aromatic rings. The lowest BCUT2D eigenvalue weighted by atomic mass is 9.86. The number of unbranched alkanes of at least 4 members (excludes halogenated alkanes) is 4. The molecule has 0 unspecified atom stereocenters. The van der Waals surface area contributed by atoms with Gasteiger partial charge in [0.2, 0.25) is 5.91 Å². The maximum absolute atomic E-state index is 13.8. The number of hydrogen-bond acceptors (Lipinski definition) is 7. The molecule has 1 saturated heterocycles. The average molecular weight is 707 g/mol. The Morgan fingerprint density at radius 1 is 0.865 bits per heavy atom. The summed E-state index contributed by atoms with van der Waals surface area (Å²) in [6, 6.07) is 20.3. The molecule has 10 heteroatoms. The molecule has 1 aromatic heterocycles. The van der Waals surface area contributed by atoms with Crippen molar-refractivity contribution in [2.24, 2.45) is 0 Å². The van der Waals surface area contributed by atoms with Crippen LogP contribution in [-0.4, -0.2) is 74.2 Å². The second-order valence-electron chi connectivity index (χ2n) is 14.6. The number of rotatable bonds is 15. The largest absolute Gasteiger partial charge is 0.494 e. The molecule has 5 rings (SSSR count). The first-order valence-electron chi connectivity index (χ1n) is 18.2. The summed E-state index contributed by atoms with van der Waals surface area (Å²) in [4.78, 5) is 49.5. The summed E-state index contributed by atoms with van der Waals surface area (Å²) in [6.45, 7) is 9.05. The molecular formula is C42H50N4O6. The number of amides is 2. The molecule has 0 saturated carbocycles. The van der Waals surface area contributed by atoms with E-state index in [-0.39, 0.29) is 24.8 Å². The van der Waals surface area contributed by atoms with Gasteiger partial charge >= 0.3 is 5.97 Å². The quantitative estimate of drug-likeness (QED) is 0.114. The molecule has 52 heavy (non-hydrogen) atoms. The average Bonchev–Trinajstić information content (AvgIpc) is 3.55. The number of likely N-dealkylation sites (tertiary alicyclic amines) is 1. The van der Waals surface area contributed by atoms with E-state index in [0.717, 1.165) is 44.9 Å². The first kappa shape index (κ1) is 38.1. The maximum atomic E-state index is 13.8. The van der Waals surface area contributed by atoms with Crippen LogP contribution in [0.15, 0.2) is 85.2 Å². The molecular weight excluding hydrogens is 656 g/mol. The number of carboxylic acids is 1. The number of nitrogens with one attached hydrogen (secondary N) is 1. The number of aliphatic hydroxyl groups excluding tert-OH is 1. The van der Waals surface area contributed by atoms with Crippen molar-refractivity contribution in [3.05, 3.63) is 102 Å². The molecule has 3 atom stereocenters. The van der Waals surface area contributed by atoms with Gasteiger partial charge in [-0.15, -0.1) is 0 Å². The van der Waals surface area contributed by atoms with E-state index in [1.165, 1.54) is 25.7 Å². The van der Waals surface area contributed by atoms with Crippen molar-refractivity contribution in [1.29, 1.82) is 0 Å². The maximum Gasteiger partial charge on any atom is 0.326 e. The highest BCUT2D eigenvalue weighted by Gasteiger charge is 2.41. The topological polar surface area (TPSA) is 142 Å². The Morgan fingerprint density at radius 3 is 2.12 bits per heavy atom. The molecule has 10 nitrogen and oxygen atoms in total. The van der Waals surface area contributed by atoms with E-state index in [1.807, 2.05) is 60.7 Å². The molecule has 3 aromatic carbocycles. The number of benzene rings is 3. The molecule has 1 fully saturated rings. The molecule has 0 bridgehead atoms. The van der Waals surface area contributed by atoms with E-state index >= 15 is 0 Å². The Kier molecular flexibility index (Phi) is 12.8. The van der Waals surface area contributed by atoms with E-state index in [0.29, 0.717) is 18.0 Å². The number of β-amino-alcohol motifs (C(OH)–C–C–N with tert-alkyl or cyclic N) is 1. The molecule has 274 valence electrons. The second-order valence-corrected chi connectivity index (χ2v) is 14.6. The summed E-state index contributed by atoms with van der Waals surface area (Å²) in [5.41, 5.74) is 4.74. The first-order valence-corrected chi connectivity index (χ1v) is 18.2. The zero-order valence-corrected chi connectivity index (χ0v) is 30.5. The minimum atomic E-state index is -1.20. The highest BCUT2D eigenvalue weighted by Crippen LogP contribution is 2.26. The summed E-state index contributed by atoms with van der Waals surface area (Å²) in [7, 11) is 0. The van der Waals surface area contributed by atoms with Crippen molar-refractivity contribution in [3.63, 3.8) is 0 Å². The lowest BCUT2D eigenvalue weighted by Crippen LogP contribution is -2.52. The molecule has 0 radical (unpaired) electrons. The number of hydrogen-bond donors (Lipinski definition) is 3. The Bertz CT molecular complexity index is 1790.